The van der Waals surface area contributed by atoms with Gasteiger partial charge in [0.25, 0.3) is 10.0 Å². The van der Waals surface area contributed by atoms with Crippen LogP contribution in [0.3, 0.4) is 0 Å². The number of benzene rings is 2. The Kier molecular flexibility index (Phi) is 5.51. The van der Waals surface area contributed by atoms with Crippen molar-refractivity contribution in [3.8, 4) is 5.75 Å². The van der Waals surface area contributed by atoms with Crippen LogP contribution in [-0.4, -0.2) is 35.3 Å². The average molecular weight is 382 g/mol. The number of hydrogen-bond acceptors (Lipinski definition) is 4. The molecule has 7 heteroatoms. The Morgan fingerprint density at radius 2 is 1.88 bits per heavy atom. The van der Waals surface area contributed by atoms with E-state index in [2.05, 4.69) is 0 Å². The highest BCUT2D eigenvalue weighted by atomic mass is 35.5. The summed E-state index contributed by atoms with van der Waals surface area (Å²) < 4.78 is 38.0. The number of ether oxygens (including phenoxy) is 2. The normalized spacial score (nSPS) is 14.2. The van der Waals surface area contributed by atoms with Gasteiger partial charge in [0, 0.05) is 13.7 Å². The van der Waals surface area contributed by atoms with E-state index in [0.29, 0.717) is 36.2 Å². The number of nitrogens with zero attached hydrogens (tertiary/aromatic N) is 1. The van der Waals surface area contributed by atoms with Gasteiger partial charge < -0.3 is 9.47 Å². The second-order valence-electron chi connectivity index (χ2n) is 5.74. The van der Waals surface area contributed by atoms with Gasteiger partial charge in [0.15, 0.2) is 0 Å². The van der Waals surface area contributed by atoms with Crippen molar-refractivity contribution in [2.45, 2.75) is 17.7 Å². The predicted molar refractivity (Wildman–Crippen MR) is 98.1 cm³/mol. The van der Waals surface area contributed by atoms with Gasteiger partial charge in [-0.15, -0.1) is 0 Å². The lowest BCUT2D eigenvalue weighted by atomic mass is 10.0. The van der Waals surface area contributed by atoms with Gasteiger partial charge in [-0.2, -0.15) is 0 Å². The quantitative estimate of drug-likeness (QED) is 0.718. The monoisotopic (exact) mass is 381 g/mol. The van der Waals surface area contributed by atoms with Crippen LogP contribution in [0.2, 0.25) is 5.02 Å². The lowest BCUT2D eigenvalue weighted by Crippen LogP contribution is -2.35. The number of aryl methyl sites for hydroxylation is 1. The second kappa shape index (κ2) is 7.64. The van der Waals surface area contributed by atoms with Gasteiger partial charge in [0.1, 0.15) is 12.4 Å². The number of halogens is 1. The smallest absolute Gasteiger partial charge is 0.264 e. The molecule has 0 radical (unpaired) electrons. The molecule has 134 valence electrons. The molecule has 2 aromatic rings. The molecule has 1 heterocycles. The SMILES string of the molecule is COCCOc1ccc(S(=O)(=O)N2CCCc3cccc(Cl)c32)cc1. The highest BCUT2D eigenvalue weighted by molar-refractivity contribution is 7.92. The number of anilines is 1. The first-order chi connectivity index (χ1) is 12.0. The summed E-state index contributed by atoms with van der Waals surface area (Å²) in [5.41, 5.74) is 1.55. The molecule has 0 atom stereocenters. The third-order valence-corrected chi connectivity index (χ3v) is 6.21. The van der Waals surface area contributed by atoms with Crippen molar-refractivity contribution < 1.29 is 17.9 Å². The molecule has 0 aliphatic carbocycles. The number of methoxy groups -OCH3 is 1. The Morgan fingerprint density at radius 1 is 1.12 bits per heavy atom. The summed E-state index contributed by atoms with van der Waals surface area (Å²) >= 11 is 6.29. The summed E-state index contributed by atoms with van der Waals surface area (Å²) in [4.78, 5) is 0.222. The first kappa shape index (κ1) is 18.0. The lowest BCUT2D eigenvalue weighted by Gasteiger charge is -2.31. The van der Waals surface area contributed by atoms with Gasteiger partial charge in [-0.3, -0.25) is 4.31 Å². The highest BCUT2D eigenvalue weighted by Crippen LogP contribution is 2.37. The van der Waals surface area contributed by atoms with Crippen LogP contribution in [0.15, 0.2) is 47.4 Å². The summed E-state index contributed by atoms with van der Waals surface area (Å²) in [7, 11) is -2.07. The maximum Gasteiger partial charge on any atom is 0.264 e. The molecule has 1 aliphatic heterocycles. The van der Waals surface area contributed by atoms with E-state index < -0.39 is 10.0 Å². The molecule has 25 heavy (non-hydrogen) atoms. The first-order valence-electron chi connectivity index (χ1n) is 8.06. The summed E-state index contributed by atoms with van der Waals surface area (Å²) in [6.07, 6.45) is 1.60. The van der Waals surface area contributed by atoms with Gasteiger partial charge in [-0.1, -0.05) is 23.7 Å². The zero-order valence-electron chi connectivity index (χ0n) is 13.9. The van der Waals surface area contributed by atoms with Crippen LogP contribution in [0.5, 0.6) is 5.75 Å². The Hall–Kier alpha value is -1.76. The molecule has 0 aromatic heterocycles. The first-order valence-corrected chi connectivity index (χ1v) is 9.88. The molecule has 3 rings (SSSR count). The van der Waals surface area contributed by atoms with E-state index in [0.717, 1.165) is 18.4 Å². The molecule has 0 unspecified atom stereocenters. The van der Waals surface area contributed by atoms with E-state index in [1.54, 1.807) is 37.4 Å². The molecule has 0 bridgehead atoms. The minimum Gasteiger partial charge on any atom is -0.491 e. The van der Waals surface area contributed by atoms with Crippen molar-refractivity contribution >= 4 is 27.3 Å². The van der Waals surface area contributed by atoms with Gasteiger partial charge in [0.05, 0.1) is 22.2 Å². The minimum absolute atomic E-state index is 0.222. The Balaban J connectivity index is 1.88. The summed E-state index contributed by atoms with van der Waals surface area (Å²) in [5.74, 6) is 0.605. The molecule has 0 fully saturated rings. The molecule has 0 N–H and O–H groups in total. The van der Waals surface area contributed by atoms with E-state index in [4.69, 9.17) is 21.1 Å². The summed E-state index contributed by atoms with van der Waals surface area (Å²) in [6, 6.07) is 11.9. The molecule has 0 saturated carbocycles. The van der Waals surface area contributed by atoms with Gasteiger partial charge >= 0.3 is 0 Å². The molecule has 0 saturated heterocycles. The van der Waals surface area contributed by atoms with Crippen LogP contribution in [0.1, 0.15) is 12.0 Å². The number of sulfonamides is 1. The van der Waals surface area contributed by atoms with Gasteiger partial charge in [0.2, 0.25) is 0 Å². The number of para-hydroxylation sites is 1. The fourth-order valence-electron chi connectivity index (χ4n) is 2.88. The second-order valence-corrected chi connectivity index (χ2v) is 8.01. The van der Waals surface area contributed by atoms with E-state index in [1.165, 1.54) is 4.31 Å². The van der Waals surface area contributed by atoms with E-state index in [1.807, 2.05) is 12.1 Å². The fourth-order valence-corrected chi connectivity index (χ4v) is 4.79. The van der Waals surface area contributed by atoms with Crippen LogP contribution >= 0.6 is 11.6 Å². The van der Waals surface area contributed by atoms with Crippen LogP contribution < -0.4 is 9.04 Å². The van der Waals surface area contributed by atoms with E-state index in [9.17, 15) is 8.42 Å². The maximum absolute atomic E-state index is 13.1. The molecule has 0 amide bonds. The number of fused-ring (bicyclic) bond motifs is 1. The lowest BCUT2D eigenvalue weighted by molar-refractivity contribution is 0.146. The minimum atomic E-state index is -3.67. The predicted octanol–water partition coefficient (Wildman–Crippen LogP) is 3.51. The molecule has 0 spiro atoms. The highest BCUT2D eigenvalue weighted by Gasteiger charge is 2.30. The van der Waals surface area contributed by atoms with Crippen LogP contribution in [0, 0.1) is 0 Å². The summed E-state index contributed by atoms with van der Waals surface area (Å²) in [5, 5.41) is 0.459. The van der Waals surface area contributed by atoms with Gasteiger partial charge in [-0.25, -0.2) is 8.42 Å². The number of rotatable bonds is 6. The van der Waals surface area contributed by atoms with Crippen molar-refractivity contribution in [2.24, 2.45) is 0 Å². The molecule has 2 aromatic carbocycles. The van der Waals surface area contributed by atoms with Crippen molar-refractivity contribution in [1.29, 1.82) is 0 Å². The molecular formula is C18H20ClNO4S. The van der Waals surface area contributed by atoms with Crippen LogP contribution in [0.25, 0.3) is 0 Å². The topological polar surface area (TPSA) is 55.8 Å². The Morgan fingerprint density at radius 3 is 2.60 bits per heavy atom. The van der Waals surface area contributed by atoms with Crippen LogP contribution in [-0.2, 0) is 21.2 Å². The standard InChI is InChI=1S/C18H20ClNO4S/c1-23-12-13-24-15-7-9-16(10-8-15)25(21,22)20-11-3-5-14-4-2-6-17(19)18(14)20/h2,4,6-10H,3,5,11-13H2,1H3. The third-order valence-electron chi connectivity index (χ3n) is 4.09. The zero-order chi connectivity index (χ0) is 17.9. The van der Waals surface area contributed by atoms with Crippen LogP contribution in [0.4, 0.5) is 5.69 Å². The van der Waals surface area contributed by atoms with Crippen molar-refractivity contribution in [1.82, 2.24) is 0 Å². The Labute approximate surface area is 153 Å². The Bertz CT molecular complexity index is 837. The van der Waals surface area contributed by atoms with Gasteiger partial charge in [-0.05, 0) is 48.7 Å². The summed E-state index contributed by atoms with van der Waals surface area (Å²) in [6.45, 7) is 1.31. The maximum atomic E-state index is 13.1. The average Bonchev–Trinajstić information content (AvgIpc) is 2.62. The van der Waals surface area contributed by atoms with Crippen molar-refractivity contribution in [3.63, 3.8) is 0 Å². The molecular weight excluding hydrogens is 362 g/mol. The molecule has 5 nitrogen and oxygen atoms in total. The van der Waals surface area contributed by atoms with Crippen molar-refractivity contribution in [2.75, 3.05) is 31.2 Å². The molecule has 1 aliphatic rings. The zero-order valence-corrected chi connectivity index (χ0v) is 15.5. The van der Waals surface area contributed by atoms with E-state index >= 15 is 0 Å². The third kappa shape index (κ3) is 3.76. The fraction of sp³-hybridized carbons (Fsp3) is 0.333. The van der Waals surface area contributed by atoms with E-state index in [-0.39, 0.29) is 4.90 Å². The largest absolute Gasteiger partial charge is 0.491 e. The van der Waals surface area contributed by atoms with Crippen molar-refractivity contribution in [3.05, 3.63) is 53.1 Å². The number of hydrogen-bond donors (Lipinski definition) is 0.